The molecule has 7 heteroatoms. The molecule has 0 aliphatic heterocycles. The molecule has 0 atom stereocenters. The molecule has 6 nitrogen and oxygen atoms in total. The Morgan fingerprint density at radius 3 is 2.81 bits per heavy atom. The van der Waals surface area contributed by atoms with E-state index in [0.29, 0.717) is 11.7 Å². The van der Waals surface area contributed by atoms with Crippen LogP contribution in [0, 0.1) is 0 Å². The summed E-state index contributed by atoms with van der Waals surface area (Å²) in [5.41, 5.74) is 2.16. The summed E-state index contributed by atoms with van der Waals surface area (Å²) in [6.07, 6.45) is 3.42. The first-order valence-electron chi connectivity index (χ1n) is 6.85. The molecule has 0 saturated heterocycles. The van der Waals surface area contributed by atoms with Crippen molar-refractivity contribution in [1.82, 2.24) is 19.7 Å². The highest BCUT2D eigenvalue weighted by Gasteiger charge is 2.14. The van der Waals surface area contributed by atoms with Gasteiger partial charge >= 0.3 is 5.97 Å². The number of carboxylic acids is 1. The molecule has 0 aliphatic carbocycles. The van der Waals surface area contributed by atoms with Gasteiger partial charge in [0.25, 0.3) is 0 Å². The molecule has 2 rings (SSSR count). The van der Waals surface area contributed by atoms with Crippen molar-refractivity contribution in [3.8, 4) is 0 Å². The Balaban J connectivity index is 2.28. The second-order valence-corrected chi connectivity index (χ2v) is 5.43. The van der Waals surface area contributed by atoms with Crippen molar-refractivity contribution in [2.75, 3.05) is 5.75 Å². The lowest BCUT2D eigenvalue weighted by Crippen LogP contribution is -2.10. The van der Waals surface area contributed by atoms with Crippen LogP contribution in [0.5, 0.6) is 0 Å². The lowest BCUT2D eigenvalue weighted by Gasteiger charge is -2.11. The van der Waals surface area contributed by atoms with Gasteiger partial charge in [0, 0.05) is 12.6 Å². The minimum atomic E-state index is -0.861. The molecule has 0 fully saturated rings. The molecule has 1 N–H and O–H groups in total. The average molecular weight is 306 g/mol. The summed E-state index contributed by atoms with van der Waals surface area (Å²) in [4.78, 5) is 15.2. The van der Waals surface area contributed by atoms with Crippen LogP contribution in [0.4, 0.5) is 0 Å². The van der Waals surface area contributed by atoms with E-state index in [1.165, 1.54) is 17.3 Å². The van der Waals surface area contributed by atoms with Gasteiger partial charge in [-0.1, -0.05) is 31.7 Å². The molecule has 21 heavy (non-hydrogen) atoms. The monoisotopic (exact) mass is 306 g/mol. The Hall–Kier alpha value is -1.89. The number of rotatable bonds is 7. The quantitative estimate of drug-likeness (QED) is 0.788. The van der Waals surface area contributed by atoms with Crippen molar-refractivity contribution in [3.63, 3.8) is 0 Å². The largest absolute Gasteiger partial charge is 0.481 e. The summed E-state index contributed by atoms with van der Waals surface area (Å²) in [6, 6.07) is 3.98. The maximum atomic E-state index is 10.7. The van der Waals surface area contributed by atoms with Crippen LogP contribution >= 0.6 is 11.8 Å². The number of hydrogen-bond donors (Lipinski definition) is 1. The number of pyridine rings is 1. The smallest absolute Gasteiger partial charge is 0.313 e. The van der Waals surface area contributed by atoms with Gasteiger partial charge in [0.2, 0.25) is 0 Å². The predicted octanol–water partition coefficient (Wildman–Crippen LogP) is 2.02. The molecule has 0 bridgehead atoms. The number of aryl methyl sites for hydroxylation is 2. The molecule has 2 aromatic heterocycles. The molecular weight excluding hydrogens is 288 g/mol. The number of thioether (sulfide) groups is 1. The van der Waals surface area contributed by atoms with Gasteiger partial charge in [-0.15, -0.1) is 10.2 Å². The Bertz CT molecular complexity index is 627. The third-order valence-electron chi connectivity index (χ3n) is 3.11. The van der Waals surface area contributed by atoms with E-state index in [9.17, 15) is 4.79 Å². The SMILES string of the molecule is CCc1cccnc1Cn1c(CC)nnc1SCC(=O)O. The molecule has 2 heterocycles. The minimum absolute atomic E-state index is 0.0231. The molecule has 0 aromatic carbocycles. The number of aliphatic carboxylic acids is 1. The number of aromatic nitrogens is 4. The minimum Gasteiger partial charge on any atom is -0.481 e. The molecular formula is C14H18N4O2S. The number of nitrogens with zero attached hydrogens (tertiary/aromatic N) is 4. The molecule has 0 aliphatic rings. The first-order chi connectivity index (χ1) is 10.2. The topological polar surface area (TPSA) is 80.9 Å². The summed E-state index contributed by atoms with van der Waals surface area (Å²) in [6.45, 7) is 4.67. The highest BCUT2D eigenvalue weighted by Crippen LogP contribution is 2.19. The molecule has 0 saturated carbocycles. The van der Waals surface area contributed by atoms with E-state index in [-0.39, 0.29) is 5.75 Å². The van der Waals surface area contributed by atoms with Gasteiger partial charge in [-0.2, -0.15) is 0 Å². The predicted molar refractivity (Wildman–Crippen MR) is 80.5 cm³/mol. The van der Waals surface area contributed by atoms with Crippen molar-refractivity contribution < 1.29 is 9.90 Å². The molecule has 112 valence electrons. The van der Waals surface area contributed by atoms with Gasteiger partial charge < -0.3 is 5.11 Å². The van der Waals surface area contributed by atoms with Crippen LogP contribution in [-0.4, -0.2) is 36.6 Å². The fraction of sp³-hybridized carbons (Fsp3) is 0.429. The highest BCUT2D eigenvalue weighted by atomic mass is 32.2. The second-order valence-electron chi connectivity index (χ2n) is 4.48. The summed E-state index contributed by atoms with van der Waals surface area (Å²) >= 11 is 1.19. The Kier molecular flexibility index (Phi) is 5.32. The van der Waals surface area contributed by atoms with Gasteiger partial charge in [0.15, 0.2) is 5.16 Å². The van der Waals surface area contributed by atoms with Crippen molar-refractivity contribution in [1.29, 1.82) is 0 Å². The van der Waals surface area contributed by atoms with Crippen LogP contribution in [0.15, 0.2) is 23.5 Å². The van der Waals surface area contributed by atoms with Gasteiger partial charge in [0.05, 0.1) is 18.0 Å². The third kappa shape index (κ3) is 3.81. The normalized spacial score (nSPS) is 10.8. The fourth-order valence-corrected chi connectivity index (χ4v) is 2.73. The lowest BCUT2D eigenvalue weighted by atomic mass is 10.1. The number of carbonyl (C=O) groups is 1. The van der Waals surface area contributed by atoms with Crippen LogP contribution in [0.1, 0.15) is 30.9 Å². The van der Waals surface area contributed by atoms with E-state index in [0.717, 1.165) is 24.4 Å². The van der Waals surface area contributed by atoms with Crippen LogP contribution in [0.2, 0.25) is 0 Å². The van der Waals surface area contributed by atoms with Crippen molar-refractivity contribution >= 4 is 17.7 Å². The van der Waals surface area contributed by atoms with Crippen molar-refractivity contribution in [2.45, 2.75) is 38.4 Å². The summed E-state index contributed by atoms with van der Waals surface area (Å²) in [5.74, 6) is -0.0414. The zero-order valence-corrected chi connectivity index (χ0v) is 12.9. The van der Waals surface area contributed by atoms with E-state index >= 15 is 0 Å². The number of carboxylic acid groups (broad SMARTS) is 1. The molecule has 0 amide bonds. The molecule has 0 radical (unpaired) electrons. The molecule has 0 unspecified atom stereocenters. The first-order valence-corrected chi connectivity index (χ1v) is 7.83. The lowest BCUT2D eigenvalue weighted by molar-refractivity contribution is -0.133. The Morgan fingerprint density at radius 1 is 1.33 bits per heavy atom. The van der Waals surface area contributed by atoms with E-state index in [4.69, 9.17) is 5.11 Å². The Morgan fingerprint density at radius 2 is 2.14 bits per heavy atom. The van der Waals surface area contributed by atoms with Gasteiger partial charge in [-0.25, -0.2) is 0 Å². The van der Waals surface area contributed by atoms with E-state index in [2.05, 4.69) is 28.2 Å². The standard InChI is InChI=1S/C14H18N4O2S/c1-3-10-6-5-7-15-11(10)8-18-12(4-2)16-17-14(18)21-9-13(19)20/h5-7H,3-4,8-9H2,1-2H3,(H,19,20). The maximum Gasteiger partial charge on any atom is 0.313 e. The highest BCUT2D eigenvalue weighted by molar-refractivity contribution is 7.99. The zero-order valence-electron chi connectivity index (χ0n) is 12.1. The first kappa shape index (κ1) is 15.5. The Labute approximate surface area is 127 Å². The van der Waals surface area contributed by atoms with Crippen molar-refractivity contribution in [2.24, 2.45) is 0 Å². The molecule has 0 spiro atoms. The van der Waals surface area contributed by atoms with E-state index < -0.39 is 5.97 Å². The van der Waals surface area contributed by atoms with Crippen LogP contribution in [-0.2, 0) is 24.2 Å². The summed E-state index contributed by atoms with van der Waals surface area (Å²) in [7, 11) is 0. The molecule has 2 aromatic rings. The van der Waals surface area contributed by atoms with E-state index in [1.807, 2.05) is 17.6 Å². The third-order valence-corrected chi connectivity index (χ3v) is 4.06. The van der Waals surface area contributed by atoms with Gasteiger partial charge in [-0.05, 0) is 18.1 Å². The second kappa shape index (κ2) is 7.21. The van der Waals surface area contributed by atoms with Gasteiger partial charge in [-0.3, -0.25) is 14.3 Å². The van der Waals surface area contributed by atoms with Crippen LogP contribution in [0.3, 0.4) is 0 Å². The zero-order chi connectivity index (χ0) is 15.2. The van der Waals surface area contributed by atoms with E-state index in [1.54, 1.807) is 6.20 Å². The van der Waals surface area contributed by atoms with Crippen LogP contribution in [0.25, 0.3) is 0 Å². The summed E-state index contributed by atoms with van der Waals surface area (Å²) in [5, 5.41) is 17.7. The average Bonchev–Trinajstić information content (AvgIpc) is 2.87. The number of hydrogen-bond acceptors (Lipinski definition) is 5. The summed E-state index contributed by atoms with van der Waals surface area (Å²) < 4.78 is 1.95. The van der Waals surface area contributed by atoms with Crippen LogP contribution < -0.4 is 0 Å². The van der Waals surface area contributed by atoms with Crippen molar-refractivity contribution in [3.05, 3.63) is 35.4 Å². The fourth-order valence-electron chi connectivity index (χ4n) is 2.06. The van der Waals surface area contributed by atoms with Gasteiger partial charge in [0.1, 0.15) is 5.82 Å². The maximum absolute atomic E-state index is 10.7.